The maximum absolute atomic E-state index is 5.66. The van der Waals surface area contributed by atoms with Crippen LogP contribution in [-0.2, 0) is 18.3 Å². The van der Waals surface area contributed by atoms with Crippen molar-refractivity contribution in [3.05, 3.63) is 11.8 Å². The van der Waals surface area contributed by atoms with E-state index in [1.54, 1.807) is 0 Å². The second-order valence-electron chi connectivity index (χ2n) is 3.46. The zero-order valence-corrected chi connectivity index (χ0v) is 8.44. The summed E-state index contributed by atoms with van der Waals surface area (Å²) in [5.41, 5.74) is 6.77. The van der Waals surface area contributed by atoms with Crippen LogP contribution in [0.5, 0.6) is 0 Å². The van der Waals surface area contributed by atoms with Crippen molar-refractivity contribution in [1.29, 1.82) is 0 Å². The monoisotopic (exact) mass is 196 g/mol. The van der Waals surface area contributed by atoms with Crippen molar-refractivity contribution in [1.82, 2.24) is 9.78 Å². The second kappa shape index (κ2) is 3.98. The Hall–Kier alpha value is -1.07. The molecule has 0 radical (unpaired) electrons. The Bertz CT molecular complexity index is 304. The molecule has 1 aliphatic rings. The van der Waals surface area contributed by atoms with Gasteiger partial charge in [0.2, 0.25) is 0 Å². The van der Waals surface area contributed by atoms with E-state index in [4.69, 9.17) is 10.5 Å². The van der Waals surface area contributed by atoms with Crippen LogP contribution < -0.4 is 10.6 Å². The van der Waals surface area contributed by atoms with E-state index >= 15 is 0 Å². The van der Waals surface area contributed by atoms with Crippen LogP contribution in [0.2, 0.25) is 0 Å². The SMILES string of the molecule is Cn1cc(CN)c(N2CCOCC2)n1. The molecule has 5 nitrogen and oxygen atoms in total. The molecular formula is C9H16N4O. The van der Waals surface area contributed by atoms with Crippen molar-refractivity contribution in [2.24, 2.45) is 12.8 Å². The molecule has 0 bridgehead atoms. The van der Waals surface area contributed by atoms with E-state index in [1.807, 2.05) is 17.9 Å². The number of morpholine rings is 1. The first-order valence-electron chi connectivity index (χ1n) is 4.86. The zero-order valence-electron chi connectivity index (χ0n) is 8.44. The van der Waals surface area contributed by atoms with Gasteiger partial charge in [-0.3, -0.25) is 4.68 Å². The molecule has 0 atom stereocenters. The van der Waals surface area contributed by atoms with Gasteiger partial charge in [0, 0.05) is 38.4 Å². The third-order valence-electron chi connectivity index (χ3n) is 2.41. The fourth-order valence-electron chi connectivity index (χ4n) is 1.71. The molecule has 0 unspecified atom stereocenters. The van der Waals surface area contributed by atoms with Gasteiger partial charge in [0.05, 0.1) is 13.2 Å². The first-order chi connectivity index (χ1) is 6.81. The maximum Gasteiger partial charge on any atom is 0.155 e. The lowest BCUT2D eigenvalue weighted by atomic mass is 10.3. The molecular weight excluding hydrogens is 180 g/mol. The molecule has 1 saturated heterocycles. The lowest BCUT2D eigenvalue weighted by Crippen LogP contribution is -2.37. The highest BCUT2D eigenvalue weighted by molar-refractivity contribution is 5.46. The minimum Gasteiger partial charge on any atom is -0.378 e. The smallest absolute Gasteiger partial charge is 0.155 e. The van der Waals surface area contributed by atoms with E-state index in [2.05, 4.69) is 10.00 Å². The molecule has 0 aromatic carbocycles. The van der Waals surface area contributed by atoms with Crippen LogP contribution in [0.1, 0.15) is 5.56 Å². The van der Waals surface area contributed by atoms with Crippen molar-refractivity contribution in [3.63, 3.8) is 0 Å². The van der Waals surface area contributed by atoms with Crippen LogP contribution in [0, 0.1) is 0 Å². The highest BCUT2D eigenvalue weighted by Gasteiger charge is 2.16. The van der Waals surface area contributed by atoms with Crippen molar-refractivity contribution in [3.8, 4) is 0 Å². The van der Waals surface area contributed by atoms with Gasteiger partial charge in [-0.2, -0.15) is 5.10 Å². The summed E-state index contributed by atoms with van der Waals surface area (Å²) < 4.78 is 7.11. The van der Waals surface area contributed by atoms with E-state index in [0.29, 0.717) is 6.54 Å². The number of anilines is 1. The lowest BCUT2D eigenvalue weighted by molar-refractivity contribution is 0.122. The highest BCUT2D eigenvalue weighted by atomic mass is 16.5. The van der Waals surface area contributed by atoms with Gasteiger partial charge in [-0.05, 0) is 0 Å². The molecule has 1 aliphatic heterocycles. The van der Waals surface area contributed by atoms with Crippen LogP contribution in [0.25, 0.3) is 0 Å². The Morgan fingerprint density at radius 2 is 2.21 bits per heavy atom. The molecule has 14 heavy (non-hydrogen) atoms. The largest absolute Gasteiger partial charge is 0.378 e. The quantitative estimate of drug-likeness (QED) is 0.706. The predicted octanol–water partition coefficient (Wildman–Crippen LogP) is -0.285. The van der Waals surface area contributed by atoms with Gasteiger partial charge < -0.3 is 15.4 Å². The third kappa shape index (κ3) is 1.73. The Morgan fingerprint density at radius 3 is 2.86 bits per heavy atom. The van der Waals surface area contributed by atoms with Gasteiger partial charge in [0.25, 0.3) is 0 Å². The first kappa shape index (κ1) is 9.48. The highest BCUT2D eigenvalue weighted by Crippen LogP contribution is 2.18. The second-order valence-corrected chi connectivity index (χ2v) is 3.46. The zero-order chi connectivity index (χ0) is 9.97. The normalized spacial score (nSPS) is 17.4. The van der Waals surface area contributed by atoms with Gasteiger partial charge in [-0.15, -0.1) is 0 Å². The topological polar surface area (TPSA) is 56.3 Å². The maximum atomic E-state index is 5.66. The van der Waals surface area contributed by atoms with Crippen LogP contribution >= 0.6 is 0 Å². The number of ether oxygens (including phenoxy) is 1. The number of aromatic nitrogens is 2. The number of aryl methyl sites for hydroxylation is 1. The number of nitrogens with zero attached hydrogens (tertiary/aromatic N) is 3. The molecule has 1 fully saturated rings. The number of hydrogen-bond acceptors (Lipinski definition) is 4. The molecule has 2 N–H and O–H groups in total. The van der Waals surface area contributed by atoms with Gasteiger partial charge in [-0.25, -0.2) is 0 Å². The van der Waals surface area contributed by atoms with Crippen molar-refractivity contribution >= 4 is 5.82 Å². The Balaban J connectivity index is 2.20. The van der Waals surface area contributed by atoms with E-state index in [-0.39, 0.29) is 0 Å². The third-order valence-corrected chi connectivity index (χ3v) is 2.41. The van der Waals surface area contributed by atoms with Gasteiger partial charge in [-0.1, -0.05) is 0 Å². The summed E-state index contributed by atoms with van der Waals surface area (Å²) in [7, 11) is 1.92. The summed E-state index contributed by atoms with van der Waals surface area (Å²) >= 11 is 0. The van der Waals surface area contributed by atoms with Crippen LogP contribution in [0.15, 0.2) is 6.20 Å². The standard InChI is InChI=1S/C9H16N4O/c1-12-7-8(6-10)9(11-12)13-2-4-14-5-3-13/h7H,2-6,10H2,1H3. The van der Waals surface area contributed by atoms with E-state index < -0.39 is 0 Å². The summed E-state index contributed by atoms with van der Waals surface area (Å²) in [6.45, 7) is 3.91. The Labute approximate surface area is 83.4 Å². The van der Waals surface area contributed by atoms with Crippen LogP contribution in [0.4, 0.5) is 5.82 Å². The fourth-order valence-corrected chi connectivity index (χ4v) is 1.71. The molecule has 2 heterocycles. The minimum atomic E-state index is 0.542. The molecule has 0 aliphatic carbocycles. The van der Waals surface area contributed by atoms with Gasteiger partial charge in [0.15, 0.2) is 5.82 Å². The van der Waals surface area contributed by atoms with Gasteiger partial charge in [0.1, 0.15) is 0 Å². The summed E-state index contributed by atoms with van der Waals surface area (Å²) in [5.74, 6) is 1.01. The Morgan fingerprint density at radius 1 is 1.50 bits per heavy atom. The molecule has 2 rings (SSSR count). The molecule has 0 saturated carbocycles. The molecule has 1 aromatic heterocycles. The van der Waals surface area contributed by atoms with E-state index in [1.165, 1.54) is 0 Å². The predicted molar refractivity (Wildman–Crippen MR) is 54.1 cm³/mol. The van der Waals surface area contributed by atoms with Crippen LogP contribution in [-0.4, -0.2) is 36.1 Å². The average molecular weight is 196 g/mol. The molecule has 78 valence electrons. The summed E-state index contributed by atoms with van der Waals surface area (Å²) in [5, 5.41) is 4.41. The molecule has 5 heteroatoms. The van der Waals surface area contributed by atoms with Crippen molar-refractivity contribution in [2.45, 2.75) is 6.54 Å². The average Bonchev–Trinajstić information content (AvgIpc) is 2.61. The number of hydrogen-bond donors (Lipinski definition) is 1. The molecule has 1 aromatic rings. The summed E-state index contributed by atoms with van der Waals surface area (Å²) in [6.07, 6.45) is 1.98. The summed E-state index contributed by atoms with van der Waals surface area (Å²) in [4.78, 5) is 2.23. The van der Waals surface area contributed by atoms with E-state index in [0.717, 1.165) is 37.7 Å². The van der Waals surface area contributed by atoms with Crippen molar-refractivity contribution in [2.75, 3.05) is 31.2 Å². The van der Waals surface area contributed by atoms with Gasteiger partial charge >= 0.3 is 0 Å². The number of nitrogens with two attached hydrogens (primary N) is 1. The summed E-state index contributed by atoms with van der Waals surface area (Å²) in [6, 6.07) is 0. The fraction of sp³-hybridized carbons (Fsp3) is 0.667. The lowest BCUT2D eigenvalue weighted by Gasteiger charge is -2.27. The van der Waals surface area contributed by atoms with Crippen LogP contribution in [0.3, 0.4) is 0 Å². The Kier molecular flexibility index (Phi) is 2.69. The minimum absolute atomic E-state index is 0.542. The molecule has 0 amide bonds. The van der Waals surface area contributed by atoms with E-state index in [9.17, 15) is 0 Å². The first-order valence-corrected chi connectivity index (χ1v) is 4.86. The van der Waals surface area contributed by atoms with Crippen molar-refractivity contribution < 1.29 is 4.74 Å². The molecule has 0 spiro atoms. The number of rotatable bonds is 2.